The second-order valence-electron chi connectivity index (χ2n) is 17.5. The number of nitrogens with one attached hydrogen (secondary N) is 1. The van der Waals surface area contributed by atoms with Gasteiger partial charge in [-0.1, -0.05) is 124 Å². The molecular weight excluding hydrogens is 596 g/mol. The number of ketones is 1. The van der Waals surface area contributed by atoms with Crippen molar-refractivity contribution in [3.05, 3.63) is 0 Å². The van der Waals surface area contributed by atoms with Gasteiger partial charge in [-0.25, -0.2) is 0 Å². The zero-order valence-corrected chi connectivity index (χ0v) is 32.9. The van der Waals surface area contributed by atoms with E-state index in [2.05, 4.69) is 53.8 Å². The summed E-state index contributed by atoms with van der Waals surface area (Å²) in [6.07, 6.45) is 28.2. The van der Waals surface area contributed by atoms with E-state index in [4.69, 9.17) is 15.2 Å². The van der Waals surface area contributed by atoms with Crippen molar-refractivity contribution in [2.45, 2.75) is 226 Å². The lowest BCUT2D eigenvalue weighted by atomic mass is 9.66. The summed E-state index contributed by atoms with van der Waals surface area (Å²) in [6, 6.07) is -0.433. The first-order chi connectivity index (χ1) is 22.7. The number of Topliss-reactive ketones (excluding diaryl/α,β-unsaturated/α-hetero) is 1. The van der Waals surface area contributed by atoms with Gasteiger partial charge in [0.1, 0.15) is 0 Å². The first-order valence-electron chi connectivity index (χ1n) is 20.6. The third kappa shape index (κ3) is 17.8. The van der Waals surface area contributed by atoms with Crippen molar-refractivity contribution < 1.29 is 19.1 Å². The second-order valence-corrected chi connectivity index (χ2v) is 17.5. The van der Waals surface area contributed by atoms with Gasteiger partial charge >= 0.3 is 0 Å². The summed E-state index contributed by atoms with van der Waals surface area (Å²) in [5.74, 6) is 1.22. The molecule has 2 atom stereocenters. The third-order valence-corrected chi connectivity index (χ3v) is 11.9. The highest BCUT2D eigenvalue weighted by molar-refractivity contribution is 5.89. The molecule has 0 heterocycles. The first kappa shape index (κ1) is 43.2. The average Bonchev–Trinajstić information content (AvgIpc) is 3.04. The van der Waals surface area contributed by atoms with Crippen LogP contribution in [0.5, 0.6) is 0 Å². The average molecular weight is 677 g/mol. The van der Waals surface area contributed by atoms with Crippen LogP contribution >= 0.6 is 0 Å². The molecule has 6 heteroatoms. The zero-order chi connectivity index (χ0) is 35.5. The summed E-state index contributed by atoms with van der Waals surface area (Å²) in [5.41, 5.74) is 5.50. The topological polar surface area (TPSA) is 90.7 Å². The lowest BCUT2D eigenvalue weighted by Crippen LogP contribution is -2.45. The Labute approximate surface area is 297 Å². The van der Waals surface area contributed by atoms with E-state index in [1.54, 1.807) is 0 Å². The van der Waals surface area contributed by atoms with E-state index in [0.29, 0.717) is 50.4 Å². The van der Waals surface area contributed by atoms with Gasteiger partial charge in [-0.05, 0) is 84.5 Å². The van der Waals surface area contributed by atoms with Crippen LogP contribution in [0, 0.1) is 17.3 Å². The Morgan fingerprint density at radius 1 is 0.708 bits per heavy atom. The fourth-order valence-electron chi connectivity index (χ4n) is 8.03. The smallest absolute Gasteiger partial charge is 0.220 e. The highest BCUT2D eigenvalue weighted by Crippen LogP contribution is 2.40. The Balaban J connectivity index is 1.63. The minimum Gasteiger partial charge on any atom is -0.375 e. The Hall–Kier alpha value is -0.980. The lowest BCUT2D eigenvalue weighted by Gasteiger charge is -2.38. The fourth-order valence-corrected chi connectivity index (χ4v) is 8.03. The number of carbonyl (C=O) groups excluding carboxylic acids is 2. The van der Waals surface area contributed by atoms with Crippen LogP contribution in [0.2, 0.25) is 0 Å². The summed E-state index contributed by atoms with van der Waals surface area (Å²) in [6.45, 7) is 16.3. The molecule has 2 rings (SSSR count). The molecule has 2 aliphatic rings. The largest absolute Gasteiger partial charge is 0.375 e. The summed E-state index contributed by atoms with van der Waals surface area (Å²) in [7, 11) is 0. The SMILES string of the molecule is CC(C1CCCCCCCCC1)C(C)(C)C(=O)C(N)CCCCNC(=O)CCC(C)(C)OCCC(C)(C)OC1CCCCCCCCC1. The predicted octanol–water partition coefficient (Wildman–Crippen LogP) is 10.6. The number of carbonyl (C=O) groups is 2. The van der Waals surface area contributed by atoms with Gasteiger partial charge in [-0.2, -0.15) is 0 Å². The van der Waals surface area contributed by atoms with Gasteiger partial charge in [-0.15, -0.1) is 0 Å². The minimum absolute atomic E-state index is 0.0624. The summed E-state index contributed by atoms with van der Waals surface area (Å²) in [5, 5.41) is 3.07. The van der Waals surface area contributed by atoms with Gasteiger partial charge in [0.2, 0.25) is 5.91 Å². The molecule has 0 aromatic heterocycles. The Morgan fingerprint density at radius 2 is 1.21 bits per heavy atom. The van der Waals surface area contributed by atoms with Crippen molar-refractivity contribution in [3.63, 3.8) is 0 Å². The lowest BCUT2D eigenvalue weighted by molar-refractivity contribution is -0.132. The van der Waals surface area contributed by atoms with E-state index in [9.17, 15) is 9.59 Å². The minimum atomic E-state index is -0.433. The molecule has 2 fully saturated rings. The van der Waals surface area contributed by atoms with Crippen LogP contribution in [-0.4, -0.2) is 48.2 Å². The van der Waals surface area contributed by atoms with Crippen molar-refractivity contribution in [2.24, 2.45) is 23.0 Å². The molecule has 0 aromatic rings. The molecular formula is C42H80N2O4. The number of unbranched alkanes of at least 4 members (excludes halogenated alkanes) is 1. The van der Waals surface area contributed by atoms with Crippen LogP contribution < -0.4 is 11.1 Å². The molecule has 6 nitrogen and oxygen atoms in total. The van der Waals surface area contributed by atoms with Gasteiger partial charge in [0, 0.05) is 18.4 Å². The normalized spacial score (nSPS) is 20.5. The molecule has 3 N–H and O–H groups in total. The molecule has 0 saturated heterocycles. The van der Waals surface area contributed by atoms with E-state index in [1.807, 2.05) is 0 Å². The molecule has 0 spiro atoms. The molecule has 0 bridgehead atoms. The zero-order valence-electron chi connectivity index (χ0n) is 32.9. The third-order valence-electron chi connectivity index (χ3n) is 11.9. The van der Waals surface area contributed by atoms with Crippen molar-refractivity contribution in [2.75, 3.05) is 13.2 Å². The molecule has 2 unspecified atom stereocenters. The van der Waals surface area contributed by atoms with Crippen molar-refractivity contribution in [1.29, 1.82) is 0 Å². The molecule has 282 valence electrons. The van der Waals surface area contributed by atoms with E-state index in [1.165, 1.54) is 116 Å². The van der Waals surface area contributed by atoms with E-state index < -0.39 is 11.5 Å². The monoisotopic (exact) mass is 677 g/mol. The molecule has 0 radical (unpaired) electrons. The molecule has 0 aliphatic heterocycles. The summed E-state index contributed by atoms with van der Waals surface area (Å²) >= 11 is 0. The number of ether oxygens (including phenoxy) is 2. The van der Waals surface area contributed by atoms with E-state index >= 15 is 0 Å². The molecule has 0 aromatic carbocycles. The van der Waals surface area contributed by atoms with Crippen LogP contribution in [0.15, 0.2) is 0 Å². The van der Waals surface area contributed by atoms with Crippen LogP contribution in [0.3, 0.4) is 0 Å². The predicted molar refractivity (Wildman–Crippen MR) is 202 cm³/mol. The maximum Gasteiger partial charge on any atom is 0.220 e. The van der Waals surface area contributed by atoms with Gasteiger partial charge in [0.05, 0.1) is 30.0 Å². The summed E-state index contributed by atoms with van der Waals surface area (Å²) < 4.78 is 12.9. The standard InChI is InChI=1S/C42H80N2O4/c1-34(35-24-18-14-10-8-11-15-19-25-35)42(6,7)39(46)37(43)28-22-23-32-44-38(45)29-30-40(2,3)47-33-31-41(4,5)48-36-26-20-16-12-9-13-17-21-27-36/h34-37H,8-33,43H2,1-7H3,(H,44,45). The van der Waals surface area contributed by atoms with Crippen LogP contribution in [0.1, 0.15) is 203 Å². The van der Waals surface area contributed by atoms with Crippen LogP contribution in [0.25, 0.3) is 0 Å². The molecule has 2 saturated carbocycles. The van der Waals surface area contributed by atoms with Crippen molar-refractivity contribution in [1.82, 2.24) is 5.32 Å². The Morgan fingerprint density at radius 3 is 1.75 bits per heavy atom. The van der Waals surface area contributed by atoms with E-state index in [0.717, 1.165) is 19.3 Å². The molecule has 1 amide bonds. The summed E-state index contributed by atoms with van der Waals surface area (Å²) in [4.78, 5) is 26.2. The van der Waals surface area contributed by atoms with Gasteiger partial charge in [0.15, 0.2) is 5.78 Å². The maximum absolute atomic E-state index is 13.5. The van der Waals surface area contributed by atoms with Gasteiger partial charge in [-0.3, -0.25) is 9.59 Å². The fraction of sp³-hybridized carbons (Fsp3) is 0.952. The number of amides is 1. The van der Waals surface area contributed by atoms with Crippen LogP contribution in [-0.2, 0) is 19.1 Å². The first-order valence-corrected chi connectivity index (χ1v) is 20.6. The van der Waals surface area contributed by atoms with Gasteiger partial charge < -0.3 is 20.5 Å². The quantitative estimate of drug-likeness (QED) is 0.141. The van der Waals surface area contributed by atoms with Crippen molar-refractivity contribution in [3.8, 4) is 0 Å². The van der Waals surface area contributed by atoms with Crippen molar-refractivity contribution >= 4 is 11.7 Å². The number of rotatable bonds is 18. The van der Waals surface area contributed by atoms with Gasteiger partial charge in [0.25, 0.3) is 0 Å². The van der Waals surface area contributed by atoms with Crippen LogP contribution in [0.4, 0.5) is 0 Å². The highest BCUT2D eigenvalue weighted by Gasteiger charge is 2.40. The van der Waals surface area contributed by atoms with E-state index in [-0.39, 0.29) is 22.9 Å². The number of nitrogens with two attached hydrogens (primary N) is 1. The Bertz CT molecular complexity index is 865. The Kier molecular flexibility index (Phi) is 20.5. The molecule has 48 heavy (non-hydrogen) atoms. The molecule has 2 aliphatic carbocycles. The number of hydrogen-bond acceptors (Lipinski definition) is 5. The maximum atomic E-state index is 13.5. The highest BCUT2D eigenvalue weighted by atomic mass is 16.5. The number of hydrogen-bond donors (Lipinski definition) is 2. The second kappa shape index (κ2) is 22.8.